The van der Waals surface area contributed by atoms with Gasteiger partial charge < -0.3 is 9.88 Å². The molecule has 2 heteroatoms. The van der Waals surface area contributed by atoms with Crippen LogP contribution in [0.4, 0.5) is 11.4 Å². The highest BCUT2D eigenvalue weighted by atomic mass is 15.0. The smallest absolute Gasteiger partial charge is 0.0776 e. The second kappa shape index (κ2) is 9.13. The molecule has 198 valence electrons. The van der Waals surface area contributed by atoms with E-state index >= 15 is 0 Å². The first kappa shape index (κ1) is 24.7. The van der Waals surface area contributed by atoms with Crippen molar-refractivity contribution in [2.24, 2.45) is 0 Å². The maximum atomic E-state index is 3.75. The molecule has 1 aromatic heterocycles. The minimum atomic E-state index is 0.207. The molecule has 0 bridgehead atoms. The van der Waals surface area contributed by atoms with Crippen molar-refractivity contribution in [2.75, 3.05) is 5.32 Å². The number of hydrogen-bond acceptors (Lipinski definition) is 1. The number of nitrogens with zero attached hydrogens (tertiary/aromatic N) is 1. The summed E-state index contributed by atoms with van der Waals surface area (Å²) in [6, 6.07) is 41.9. The third kappa shape index (κ3) is 4.02. The van der Waals surface area contributed by atoms with Crippen molar-refractivity contribution >= 4 is 33.2 Å². The number of para-hydroxylation sites is 3. The van der Waals surface area contributed by atoms with Crippen molar-refractivity contribution in [3.8, 4) is 16.8 Å². The summed E-state index contributed by atoms with van der Waals surface area (Å²) in [7, 11) is 0. The molecule has 5 aromatic carbocycles. The van der Waals surface area contributed by atoms with Gasteiger partial charge in [0.2, 0.25) is 0 Å². The van der Waals surface area contributed by atoms with Crippen molar-refractivity contribution in [1.29, 1.82) is 0 Å². The first-order valence-corrected chi connectivity index (χ1v) is 14.4. The number of aromatic nitrogens is 1. The molecule has 0 spiro atoms. The van der Waals surface area contributed by atoms with Crippen LogP contribution >= 0.6 is 0 Å². The largest absolute Gasteiger partial charge is 0.354 e. The van der Waals surface area contributed by atoms with Gasteiger partial charge in [0.25, 0.3) is 0 Å². The second-order valence-corrected chi connectivity index (χ2v) is 12.6. The third-order valence-corrected chi connectivity index (χ3v) is 9.06. The van der Waals surface area contributed by atoms with Crippen LogP contribution < -0.4 is 5.32 Å². The minimum absolute atomic E-state index is 0.207. The zero-order valence-corrected chi connectivity index (χ0v) is 23.8. The van der Waals surface area contributed by atoms with E-state index in [0.29, 0.717) is 0 Å². The average molecular weight is 521 g/mol. The maximum absolute atomic E-state index is 3.75. The molecule has 1 aliphatic carbocycles. The molecule has 6 aromatic rings. The minimum Gasteiger partial charge on any atom is -0.354 e. The second-order valence-electron chi connectivity index (χ2n) is 12.6. The monoisotopic (exact) mass is 520 g/mol. The molecule has 2 nitrogen and oxygen atoms in total. The van der Waals surface area contributed by atoms with Gasteiger partial charge in [-0.3, -0.25) is 0 Å². The molecular formula is C38H36N2. The van der Waals surface area contributed by atoms with Gasteiger partial charge in [-0.05, 0) is 82.3 Å². The predicted octanol–water partition coefficient (Wildman–Crippen LogP) is 10.5. The van der Waals surface area contributed by atoms with Crippen LogP contribution in [0.1, 0.15) is 51.7 Å². The first-order chi connectivity index (χ1) is 19.3. The van der Waals surface area contributed by atoms with E-state index in [9.17, 15) is 0 Å². The summed E-state index contributed by atoms with van der Waals surface area (Å²) in [4.78, 5) is 0. The Balaban J connectivity index is 1.27. The van der Waals surface area contributed by atoms with Gasteiger partial charge in [-0.15, -0.1) is 0 Å². The summed E-state index contributed by atoms with van der Waals surface area (Å²) in [5, 5.41) is 6.26. The highest BCUT2D eigenvalue weighted by Crippen LogP contribution is 2.47. The Bertz CT molecular complexity index is 1850. The molecule has 0 atom stereocenters. The Morgan fingerprint density at radius 2 is 1.23 bits per heavy atom. The lowest BCUT2D eigenvalue weighted by atomic mass is 9.63. The number of hydrogen-bond donors (Lipinski definition) is 1. The van der Waals surface area contributed by atoms with Gasteiger partial charge >= 0.3 is 0 Å². The van der Waals surface area contributed by atoms with Crippen LogP contribution in [-0.2, 0) is 10.8 Å². The van der Waals surface area contributed by atoms with E-state index in [2.05, 4.69) is 153 Å². The fraction of sp³-hybridized carbons (Fsp3) is 0.211. The van der Waals surface area contributed by atoms with Crippen molar-refractivity contribution in [2.45, 2.75) is 51.4 Å². The molecule has 0 amide bonds. The summed E-state index contributed by atoms with van der Waals surface area (Å²) in [6.45, 7) is 9.57. The van der Waals surface area contributed by atoms with E-state index in [1.807, 2.05) is 0 Å². The molecule has 1 aliphatic rings. The maximum Gasteiger partial charge on any atom is 0.0776 e. The fourth-order valence-electron chi connectivity index (χ4n) is 6.63. The molecule has 0 unspecified atom stereocenters. The quantitative estimate of drug-likeness (QED) is 0.245. The van der Waals surface area contributed by atoms with Gasteiger partial charge in [0.1, 0.15) is 0 Å². The number of fused-ring (bicyclic) bond motifs is 4. The van der Waals surface area contributed by atoms with Crippen molar-refractivity contribution in [1.82, 2.24) is 4.57 Å². The van der Waals surface area contributed by atoms with Crippen molar-refractivity contribution in [3.05, 3.63) is 126 Å². The lowest BCUT2D eigenvalue weighted by Crippen LogP contribution is -2.33. The third-order valence-electron chi connectivity index (χ3n) is 9.06. The molecule has 1 N–H and O–H groups in total. The van der Waals surface area contributed by atoms with Gasteiger partial charge in [-0.25, -0.2) is 0 Å². The Labute approximate surface area is 237 Å². The zero-order valence-electron chi connectivity index (χ0n) is 23.8. The normalized spacial score (nSPS) is 15.7. The van der Waals surface area contributed by atoms with Gasteiger partial charge in [-0.1, -0.05) is 107 Å². The highest BCUT2D eigenvalue weighted by Gasteiger charge is 2.37. The van der Waals surface area contributed by atoms with Crippen LogP contribution in [0.2, 0.25) is 0 Å². The molecule has 40 heavy (non-hydrogen) atoms. The van der Waals surface area contributed by atoms with Crippen LogP contribution in [0.3, 0.4) is 0 Å². The molecule has 0 aliphatic heterocycles. The van der Waals surface area contributed by atoms with E-state index in [1.54, 1.807) is 0 Å². The van der Waals surface area contributed by atoms with E-state index in [1.165, 1.54) is 56.9 Å². The van der Waals surface area contributed by atoms with Crippen LogP contribution in [0.15, 0.2) is 115 Å². The van der Waals surface area contributed by atoms with E-state index < -0.39 is 0 Å². The molecule has 0 saturated carbocycles. The lowest BCUT2D eigenvalue weighted by molar-refractivity contribution is 0.332. The molecule has 0 radical (unpaired) electrons. The summed E-state index contributed by atoms with van der Waals surface area (Å²) in [5.41, 5.74) is 11.8. The van der Waals surface area contributed by atoms with Crippen LogP contribution in [0.25, 0.3) is 38.6 Å². The molecule has 0 saturated heterocycles. The molecule has 7 rings (SSSR count). The molecular weight excluding hydrogens is 484 g/mol. The Kier molecular flexibility index (Phi) is 5.64. The SMILES string of the molecule is CC1(C)CCC(C)(C)c2cc(-c3ccc(Nc4cccc5c6ccccc6n(-c6ccccc6)c45)cc3)ccc21. The summed E-state index contributed by atoms with van der Waals surface area (Å²) in [6.07, 6.45) is 2.47. The van der Waals surface area contributed by atoms with E-state index in [4.69, 9.17) is 0 Å². The number of benzene rings is 5. The average Bonchev–Trinajstić information content (AvgIpc) is 3.32. The van der Waals surface area contributed by atoms with Crippen molar-refractivity contribution < 1.29 is 0 Å². The van der Waals surface area contributed by atoms with Crippen LogP contribution in [0.5, 0.6) is 0 Å². The van der Waals surface area contributed by atoms with Gasteiger partial charge in [0.05, 0.1) is 16.7 Å². The zero-order chi connectivity index (χ0) is 27.5. The predicted molar refractivity (Wildman–Crippen MR) is 171 cm³/mol. The number of anilines is 2. The fourth-order valence-corrected chi connectivity index (χ4v) is 6.63. The number of rotatable bonds is 4. The summed E-state index contributed by atoms with van der Waals surface area (Å²) >= 11 is 0. The van der Waals surface area contributed by atoms with Gasteiger partial charge in [0, 0.05) is 22.1 Å². The Morgan fingerprint density at radius 3 is 2.00 bits per heavy atom. The molecule has 1 heterocycles. The van der Waals surface area contributed by atoms with Gasteiger partial charge in [0.15, 0.2) is 0 Å². The van der Waals surface area contributed by atoms with E-state index in [-0.39, 0.29) is 10.8 Å². The van der Waals surface area contributed by atoms with Crippen LogP contribution in [0, 0.1) is 0 Å². The van der Waals surface area contributed by atoms with E-state index in [0.717, 1.165) is 17.1 Å². The highest BCUT2D eigenvalue weighted by molar-refractivity contribution is 6.13. The molecule has 0 fully saturated rings. The number of nitrogens with one attached hydrogen (secondary N) is 1. The summed E-state index contributed by atoms with van der Waals surface area (Å²) in [5.74, 6) is 0. The Morgan fingerprint density at radius 1 is 0.575 bits per heavy atom. The van der Waals surface area contributed by atoms with Crippen LogP contribution in [-0.4, -0.2) is 4.57 Å². The summed E-state index contributed by atoms with van der Waals surface area (Å²) < 4.78 is 2.37. The standard InChI is InChI=1S/C38H36N2/c1-37(2)23-24-38(3,4)33-25-27(19-22-32(33)37)26-17-20-28(21-18-26)39-34-15-10-14-31-30-13-8-9-16-35(30)40(36(31)34)29-11-6-5-7-12-29/h5-22,25,39H,23-24H2,1-4H3. The Hall–Kier alpha value is -4.30. The van der Waals surface area contributed by atoms with Crippen molar-refractivity contribution in [3.63, 3.8) is 0 Å². The lowest BCUT2D eigenvalue weighted by Gasteiger charge is -2.42. The first-order valence-electron chi connectivity index (χ1n) is 14.4. The van der Waals surface area contributed by atoms with Gasteiger partial charge in [-0.2, -0.15) is 0 Å². The topological polar surface area (TPSA) is 17.0 Å².